The summed E-state index contributed by atoms with van der Waals surface area (Å²) in [5, 5.41) is 0. The summed E-state index contributed by atoms with van der Waals surface area (Å²) in [5.41, 5.74) is 6.05. The van der Waals surface area contributed by atoms with Crippen LogP contribution in [-0.4, -0.2) is 0 Å². The van der Waals surface area contributed by atoms with Crippen molar-refractivity contribution in [2.24, 2.45) is 0 Å². The van der Waals surface area contributed by atoms with E-state index in [1.807, 2.05) is 57.2 Å². The van der Waals surface area contributed by atoms with Gasteiger partial charge < -0.3 is 13.6 Å². The normalized spacial score (nSPS) is 12.8. The highest BCUT2D eigenvalue weighted by molar-refractivity contribution is 7.49. The molecule has 0 bridgehead atoms. The van der Waals surface area contributed by atoms with Crippen molar-refractivity contribution < 1.29 is 18.1 Å². The van der Waals surface area contributed by atoms with Gasteiger partial charge >= 0.3 is 7.82 Å². The van der Waals surface area contributed by atoms with Gasteiger partial charge in [0.2, 0.25) is 0 Å². The van der Waals surface area contributed by atoms with E-state index in [9.17, 15) is 4.57 Å². The molecule has 0 spiro atoms. The summed E-state index contributed by atoms with van der Waals surface area (Å²) >= 11 is 0. The first-order chi connectivity index (χ1) is 17.3. The topological polar surface area (TPSA) is 44.8 Å². The fourth-order valence-corrected chi connectivity index (χ4v) is 5.52. The van der Waals surface area contributed by atoms with Gasteiger partial charge in [-0.25, -0.2) is 0 Å². The zero-order valence-electron chi connectivity index (χ0n) is 25.3. The number of hydrogen-bond donors (Lipinski definition) is 0. The first kappa shape index (κ1) is 29.8. The molecule has 0 heterocycles. The third-order valence-corrected chi connectivity index (χ3v) is 8.01. The van der Waals surface area contributed by atoms with Crippen LogP contribution in [0.3, 0.4) is 0 Å². The molecule has 5 heteroatoms. The van der Waals surface area contributed by atoms with Gasteiger partial charge in [0.15, 0.2) is 0 Å². The summed E-state index contributed by atoms with van der Waals surface area (Å²) in [5.74, 6) is 1.40. The molecular formula is C33H45O4P. The molecule has 3 rings (SSSR count). The van der Waals surface area contributed by atoms with Gasteiger partial charge in [0.05, 0.1) is 0 Å². The maximum absolute atomic E-state index is 14.4. The monoisotopic (exact) mass is 536 g/mol. The van der Waals surface area contributed by atoms with Crippen molar-refractivity contribution in [2.75, 3.05) is 0 Å². The molecule has 0 amide bonds. The van der Waals surface area contributed by atoms with Gasteiger partial charge in [-0.05, 0) is 88.6 Å². The van der Waals surface area contributed by atoms with Gasteiger partial charge in [0, 0.05) is 0 Å². The molecular weight excluding hydrogens is 491 g/mol. The van der Waals surface area contributed by atoms with Crippen LogP contribution in [0, 0.1) is 20.8 Å². The Morgan fingerprint density at radius 3 is 0.895 bits per heavy atom. The van der Waals surface area contributed by atoms with E-state index in [1.54, 1.807) is 0 Å². The maximum Gasteiger partial charge on any atom is 0.647 e. The van der Waals surface area contributed by atoms with Crippen LogP contribution in [0.2, 0.25) is 0 Å². The Hall–Kier alpha value is -2.71. The van der Waals surface area contributed by atoms with E-state index in [0.29, 0.717) is 17.2 Å². The van der Waals surface area contributed by atoms with E-state index in [4.69, 9.17) is 13.6 Å². The largest absolute Gasteiger partial charge is 0.647 e. The van der Waals surface area contributed by atoms with E-state index in [1.165, 1.54) is 16.7 Å². The predicted molar refractivity (Wildman–Crippen MR) is 159 cm³/mol. The van der Waals surface area contributed by atoms with Gasteiger partial charge in [0.25, 0.3) is 0 Å². The molecule has 0 aliphatic rings. The Bertz CT molecular complexity index is 1190. The molecule has 0 unspecified atom stereocenters. The molecule has 0 aliphatic heterocycles. The molecule has 0 atom stereocenters. The summed E-state index contributed by atoms with van der Waals surface area (Å²) in [4.78, 5) is 0. The third kappa shape index (κ3) is 7.23. The standard InChI is InChI=1S/C33H45O4P/c1-22-19-25(31(4,5)6)13-16-28(22)35-38(34,36-29-17-14-26(20-23(29)2)32(7,8)9)37-30-18-15-27(21-24(30)3)33(10,11)12/h13-21H,1-12H3. The first-order valence-corrected chi connectivity index (χ1v) is 14.8. The van der Waals surface area contributed by atoms with Gasteiger partial charge in [-0.2, -0.15) is 4.57 Å². The lowest BCUT2D eigenvalue weighted by Crippen LogP contribution is -2.14. The van der Waals surface area contributed by atoms with Crippen molar-refractivity contribution in [1.29, 1.82) is 0 Å². The lowest BCUT2D eigenvalue weighted by Gasteiger charge is -2.25. The number of rotatable bonds is 6. The van der Waals surface area contributed by atoms with Crippen molar-refractivity contribution >= 4 is 7.82 Å². The Kier molecular flexibility index (Phi) is 8.21. The molecule has 0 fully saturated rings. The highest BCUT2D eigenvalue weighted by atomic mass is 31.2. The van der Waals surface area contributed by atoms with Crippen molar-refractivity contribution in [3.8, 4) is 17.2 Å². The van der Waals surface area contributed by atoms with E-state index < -0.39 is 7.82 Å². The molecule has 0 aliphatic carbocycles. The minimum atomic E-state index is -4.13. The second-order valence-corrected chi connectivity index (χ2v) is 14.9. The third-order valence-electron chi connectivity index (χ3n) is 6.75. The highest BCUT2D eigenvalue weighted by Crippen LogP contribution is 2.52. The van der Waals surface area contributed by atoms with Gasteiger partial charge in [-0.3, -0.25) is 0 Å². The molecule has 3 aromatic carbocycles. The summed E-state index contributed by atoms with van der Waals surface area (Å²) in [7, 11) is -4.13. The van der Waals surface area contributed by atoms with E-state index in [-0.39, 0.29) is 16.2 Å². The SMILES string of the molecule is Cc1cc(C(C)(C)C)ccc1OP(=O)(Oc1ccc(C(C)(C)C)cc1C)Oc1ccc(C(C)(C)C)cc1C. The van der Waals surface area contributed by atoms with Crippen LogP contribution in [0.5, 0.6) is 17.2 Å². The second kappa shape index (κ2) is 10.5. The fraction of sp³-hybridized carbons (Fsp3) is 0.455. The Balaban J connectivity index is 2.04. The number of phosphoric ester groups is 1. The van der Waals surface area contributed by atoms with Crippen LogP contribution < -0.4 is 13.6 Å². The Morgan fingerprint density at radius 2 is 0.711 bits per heavy atom. The lowest BCUT2D eigenvalue weighted by atomic mass is 9.86. The van der Waals surface area contributed by atoms with E-state index in [2.05, 4.69) is 80.5 Å². The molecule has 0 radical (unpaired) electrons. The summed E-state index contributed by atoms with van der Waals surface area (Å²) in [6, 6.07) is 17.7. The molecule has 38 heavy (non-hydrogen) atoms. The van der Waals surface area contributed by atoms with Gasteiger partial charge in [-0.1, -0.05) is 98.7 Å². The molecule has 4 nitrogen and oxygen atoms in total. The predicted octanol–water partition coefficient (Wildman–Crippen LogP) is 10.1. The van der Waals surface area contributed by atoms with E-state index in [0.717, 1.165) is 16.7 Å². The maximum atomic E-state index is 14.4. The Labute approximate surface area is 230 Å². The van der Waals surface area contributed by atoms with Crippen molar-refractivity contribution in [2.45, 2.75) is 99.3 Å². The van der Waals surface area contributed by atoms with Crippen LogP contribution in [0.4, 0.5) is 0 Å². The molecule has 3 aromatic rings. The van der Waals surface area contributed by atoms with Crippen molar-refractivity contribution in [3.63, 3.8) is 0 Å². The van der Waals surface area contributed by atoms with Gasteiger partial charge in [0.1, 0.15) is 17.2 Å². The average molecular weight is 537 g/mol. The number of hydrogen-bond acceptors (Lipinski definition) is 4. The smallest absolute Gasteiger partial charge is 0.386 e. The first-order valence-electron chi connectivity index (χ1n) is 13.3. The molecule has 0 saturated heterocycles. The Morgan fingerprint density at radius 1 is 0.474 bits per heavy atom. The molecule has 0 saturated carbocycles. The van der Waals surface area contributed by atoms with Crippen LogP contribution in [-0.2, 0) is 20.8 Å². The zero-order chi connectivity index (χ0) is 28.7. The van der Waals surface area contributed by atoms with Crippen LogP contribution >= 0.6 is 7.82 Å². The highest BCUT2D eigenvalue weighted by Gasteiger charge is 2.35. The minimum Gasteiger partial charge on any atom is -0.386 e. The summed E-state index contributed by atoms with van der Waals surface area (Å²) in [6.45, 7) is 25.3. The van der Waals surface area contributed by atoms with Crippen LogP contribution in [0.15, 0.2) is 54.6 Å². The number of aryl methyl sites for hydroxylation is 3. The molecule has 0 N–H and O–H groups in total. The zero-order valence-corrected chi connectivity index (χ0v) is 26.2. The minimum absolute atomic E-state index is 0.0161. The summed E-state index contributed by atoms with van der Waals surface area (Å²) in [6.07, 6.45) is 0. The second-order valence-electron chi connectivity index (χ2n) is 13.4. The lowest BCUT2D eigenvalue weighted by molar-refractivity contribution is 0.296. The summed E-state index contributed by atoms with van der Waals surface area (Å²) < 4.78 is 32.7. The average Bonchev–Trinajstić information content (AvgIpc) is 2.76. The van der Waals surface area contributed by atoms with Crippen LogP contribution in [0.1, 0.15) is 95.7 Å². The number of phosphoric acid groups is 1. The quantitative estimate of drug-likeness (QED) is 0.294. The van der Waals surface area contributed by atoms with E-state index >= 15 is 0 Å². The number of benzene rings is 3. The molecule has 206 valence electrons. The molecule has 0 aromatic heterocycles. The van der Waals surface area contributed by atoms with Gasteiger partial charge in [-0.15, -0.1) is 0 Å². The van der Waals surface area contributed by atoms with Crippen molar-refractivity contribution in [1.82, 2.24) is 0 Å². The fourth-order valence-electron chi connectivity index (χ4n) is 4.07. The van der Waals surface area contributed by atoms with Crippen molar-refractivity contribution in [3.05, 3.63) is 88.0 Å². The van der Waals surface area contributed by atoms with Crippen LogP contribution in [0.25, 0.3) is 0 Å².